The average Bonchev–Trinajstić information content (AvgIpc) is 3.87. The van der Waals surface area contributed by atoms with Gasteiger partial charge < -0.3 is 0 Å². The van der Waals surface area contributed by atoms with Gasteiger partial charge in [0.1, 0.15) is 0 Å². The zero-order chi connectivity index (χ0) is 42.2. The first-order chi connectivity index (χ1) is 30.8. The number of rotatable bonds is 4. The molecule has 63 heavy (non-hydrogen) atoms. The van der Waals surface area contributed by atoms with Gasteiger partial charge in [-0.05, 0) is 140 Å². The lowest BCUT2D eigenvalue weighted by atomic mass is 9.80. The Labute approximate surface area is 370 Å². The van der Waals surface area contributed by atoms with Crippen molar-refractivity contribution in [2.24, 2.45) is 0 Å². The van der Waals surface area contributed by atoms with E-state index in [1.165, 1.54) is 126 Å². The van der Waals surface area contributed by atoms with E-state index in [-0.39, 0.29) is 10.8 Å². The van der Waals surface area contributed by atoms with Crippen molar-refractivity contribution in [2.45, 2.75) is 38.5 Å². The van der Waals surface area contributed by atoms with Crippen LogP contribution < -0.4 is 0 Å². The predicted octanol–water partition coefficient (Wildman–Crippen LogP) is 17.9. The Morgan fingerprint density at radius 3 is 1.62 bits per heavy atom. The third-order valence-electron chi connectivity index (χ3n) is 14.8. The molecule has 0 nitrogen and oxygen atoms in total. The molecule has 0 saturated carbocycles. The molecule has 1 atom stereocenters. The summed E-state index contributed by atoms with van der Waals surface area (Å²) in [4.78, 5) is 0. The van der Waals surface area contributed by atoms with Crippen LogP contribution in [0.4, 0.5) is 0 Å². The molecule has 10 aromatic carbocycles. The fraction of sp³-hybridized carbons (Fsp3) is 0.0968. The maximum atomic E-state index is 2.51. The smallest absolute Gasteiger partial charge is 0.0159 e. The highest BCUT2D eigenvalue weighted by Gasteiger charge is 2.38. The van der Waals surface area contributed by atoms with Gasteiger partial charge in [0.25, 0.3) is 0 Å². The van der Waals surface area contributed by atoms with Gasteiger partial charge in [-0.3, -0.25) is 0 Å². The topological polar surface area (TPSA) is 0 Å². The molecule has 13 rings (SSSR count). The largest absolute Gasteiger partial charge is 0.0772 e. The van der Waals surface area contributed by atoms with E-state index in [1.807, 2.05) is 0 Å². The minimum absolute atomic E-state index is 0.0782. The van der Waals surface area contributed by atoms with Crippen molar-refractivity contribution in [3.63, 3.8) is 0 Å². The Morgan fingerprint density at radius 1 is 0.286 bits per heavy atom. The molecule has 1 unspecified atom stereocenters. The number of benzene rings is 10. The van der Waals surface area contributed by atoms with E-state index in [4.69, 9.17) is 0 Å². The number of fused-ring (bicyclic) bond motifs is 11. The van der Waals surface area contributed by atoms with E-state index >= 15 is 0 Å². The molecule has 2 aliphatic carbocycles. The molecule has 2 aliphatic rings. The van der Waals surface area contributed by atoms with Gasteiger partial charge in [0.2, 0.25) is 0 Å². The van der Waals surface area contributed by atoms with Crippen LogP contribution in [-0.4, -0.2) is 0 Å². The average molecular weight is 821 g/mol. The summed E-state index contributed by atoms with van der Waals surface area (Å²) >= 11 is 0. The fourth-order valence-electron chi connectivity index (χ4n) is 11.8. The predicted molar refractivity (Wildman–Crippen MR) is 272 cm³/mol. The zero-order valence-corrected chi connectivity index (χ0v) is 36.9. The molecule has 298 valence electrons. The third-order valence-corrected chi connectivity index (χ3v) is 17.4. The molecule has 1 heterocycles. The second-order valence-corrected chi connectivity index (χ2v) is 21.0. The van der Waals surface area contributed by atoms with Gasteiger partial charge in [0.15, 0.2) is 0 Å². The Morgan fingerprint density at radius 2 is 0.810 bits per heavy atom. The monoisotopic (exact) mass is 820 g/mol. The lowest BCUT2D eigenvalue weighted by Gasteiger charge is -2.23. The first-order valence-corrected chi connectivity index (χ1v) is 23.7. The lowest BCUT2D eigenvalue weighted by molar-refractivity contribution is 0.660. The quantitative estimate of drug-likeness (QED) is 0.155. The van der Waals surface area contributed by atoms with Crippen molar-refractivity contribution in [3.8, 4) is 60.9 Å². The highest BCUT2D eigenvalue weighted by atomic mass is 31.1. The van der Waals surface area contributed by atoms with E-state index in [9.17, 15) is 0 Å². The summed E-state index contributed by atoms with van der Waals surface area (Å²) in [5, 5.41) is 12.1. The van der Waals surface area contributed by atoms with Crippen LogP contribution in [0.1, 0.15) is 49.9 Å². The first kappa shape index (κ1) is 36.7. The highest BCUT2D eigenvalue weighted by molar-refractivity contribution is 7.67. The van der Waals surface area contributed by atoms with Gasteiger partial charge in [-0.15, -0.1) is 0 Å². The van der Waals surface area contributed by atoms with E-state index in [1.54, 1.807) is 0 Å². The summed E-state index contributed by atoms with van der Waals surface area (Å²) in [6.45, 7) is 9.54. The van der Waals surface area contributed by atoms with E-state index in [2.05, 4.69) is 228 Å². The summed E-state index contributed by atoms with van der Waals surface area (Å²) < 4.78 is 0. The Hall–Kier alpha value is -6.98. The maximum absolute atomic E-state index is 2.51. The molecule has 0 bridgehead atoms. The summed E-state index contributed by atoms with van der Waals surface area (Å²) in [6, 6.07) is 76.4. The van der Waals surface area contributed by atoms with Crippen LogP contribution in [0.5, 0.6) is 0 Å². The second kappa shape index (κ2) is 13.3. The molecule has 0 N–H and O–H groups in total. The van der Waals surface area contributed by atoms with Crippen molar-refractivity contribution in [1.29, 1.82) is 0 Å². The van der Waals surface area contributed by atoms with Gasteiger partial charge in [0, 0.05) is 21.1 Å². The molecule has 0 fully saturated rings. The molecule has 0 saturated heterocycles. The van der Waals surface area contributed by atoms with Gasteiger partial charge in [-0.2, -0.15) is 0 Å². The molecule has 11 aromatic rings. The van der Waals surface area contributed by atoms with Crippen molar-refractivity contribution in [1.82, 2.24) is 0 Å². The van der Waals surface area contributed by atoms with Crippen molar-refractivity contribution >= 4 is 50.1 Å². The molecular weight excluding hydrogens is 776 g/mol. The minimum atomic E-state index is -0.644. The SMILES string of the molecule is CC1(C)c2ccccc2-c2ccc(-c3ccc4c(-c5ccc6c(c5)c5ccccc5p6-c5ccccc5)c5ccccc5c(-c5cccc6c5-c5ccccc5C6(C)C)c4c3)cc21. The van der Waals surface area contributed by atoms with Crippen molar-refractivity contribution in [3.05, 3.63) is 222 Å². The normalized spacial score (nSPS) is 14.6. The molecule has 1 heteroatoms. The van der Waals surface area contributed by atoms with Crippen molar-refractivity contribution < 1.29 is 0 Å². The molecule has 0 radical (unpaired) electrons. The molecule has 0 spiro atoms. The van der Waals surface area contributed by atoms with Gasteiger partial charge in [0.05, 0.1) is 0 Å². The van der Waals surface area contributed by atoms with E-state index < -0.39 is 7.53 Å². The van der Waals surface area contributed by atoms with Crippen LogP contribution in [0.2, 0.25) is 0 Å². The van der Waals surface area contributed by atoms with Crippen LogP contribution in [0.15, 0.2) is 200 Å². The molecular formula is C62H45P. The second-order valence-electron chi connectivity index (χ2n) is 18.8. The summed E-state index contributed by atoms with van der Waals surface area (Å²) in [5.74, 6) is 0. The molecule has 0 amide bonds. The van der Waals surface area contributed by atoms with Gasteiger partial charge in [-0.25, -0.2) is 0 Å². The van der Waals surface area contributed by atoms with Crippen LogP contribution in [0.3, 0.4) is 0 Å². The minimum Gasteiger partial charge on any atom is -0.0772 e. The fourth-order valence-corrected chi connectivity index (χ4v) is 14.4. The van der Waals surface area contributed by atoms with Gasteiger partial charge in [-0.1, -0.05) is 211 Å². The van der Waals surface area contributed by atoms with Crippen LogP contribution in [0.25, 0.3) is 103 Å². The summed E-state index contributed by atoms with van der Waals surface area (Å²) in [5.41, 5.74) is 18.5. The zero-order valence-electron chi connectivity index (χ0n) is 36.0. The third kappa shape index (κ3) is 5.11. The molecule has 1 aromatic heterocycles. The van der Waals surface area contributed by atoms with E-state index in [0.717, 1.165) is 0 Å². The van der Waals surface area contributed by atoms with Crippen LogP contribution in [-0.2, 0) is 10.8 Å². The number of hydrogen-bond acceptors (Lipinski definition) is 0. The lowest BCUT2D eigenvalue weighted by Crippen LogP contribution is -2.14. The van der Waals surface area contributed by atoms with Crippen molar-refractivity contribution in [2.75, 3.05) is 0 Å². The maximum Gasteiger partial charge on any atom is 0.0159 e. The summed E-state index contributed by atoms with van der Waals surface area (Å²) in [6.07, 6.45) is 0. The van der Waals surface area contributed by atoms with Crippen LogP contribution >= 0.6 is 7.53 Å². The standard InChI is InChI=1S/C62H45P/c1-61(2)53-26-14-11-23-48(53)60-49(24-16-27-54(60)61)59-46-22-9-8-21-45(46)58(40-31-34-57-50(36-40)44-20-12-15-28-56(44)63(57)41-17-6-5-7-18-41)47-33-30-38(35-51(47)59)39-29-32-43-42-19-10-13-25-52(42)62(3,4)55(43)37-39/h5-37H,1-4H3. The summed E-state index contributed by atoms with van der Waals surface area (Å²) in [7, 11) is -0.644. The van der Waals surface area contributed by atoms with Crippen LogP contribution in [0, 0.1) is 0 Å². The first-order valence-electron chi connectivity index (χ1n) is 22.3. The Kier molecular flexibility index (Phi) is 7.72. The van der Waals surface area contributed by atoms with Gasteiger partial charge >= 0.3 is 0 Å². The highest BCUT2D eigenvalue weighted by Crippen LogP contribution is 2.58. The molecule has 0 aliphatic heterocycles. The Balaban J connectivity index is 1.12. The number of hydrogen-bond donors (Lipinski definition) is 0. The Bertz CT molecular complexity index is 3730. The van der Waals surface area contributed by atoms with E-state index in [0.29, 0.717) is 0 Å².